The van der Waals surface area contributed by atoms with Crippen molar-refractivity contribution in [2.24, 2.45) is 0 Å². The number of aryl methyl sites for hydroxylation is 2. The zero-order valence-electron chi connectivity index (χ0n) is 12.6. The predicted molar refractivity (Wildman–Crippen MR) is 87.7 cm³/mol. The molecule has 4 heteroatoms. The zero-order valence-corrected chi connectivity index (χ0v) is 13.5. The molecule has 110 valence electrons. The van der Waals surface area contributed by atoms with E-state index in [-0.39, 0.29) is 5.91 Å². The summed E-state index contributed by atoms with van der Waals surface area (Å²) in [5, 5.41) is 3.99. The Hall–Kier alpha value is -1.81. The summed E-state index contributed by atoms with van der Waals surface area (Å²) in [7, 11) is 0. The molecule has 0 bridgehead atoms. The number of hydrogen-bond donors (Lipinski definition) is 1. The molecule has 0 aliphatic heterocycles. The van der Waals surface area contributed by atoms with Gasteiger partial charge in [-0.15, -0.1) is 11.8 Å². The van der Waals surface area contributed by atoms with Crippen LogP contribution in [0.2, 0.25) is 0 Å². The second kappa shape index (κ2) is 7.27. The molecular formula is C17H20N2OS. The van der Waals surface area contributed by atoms with Crippen LogP contribution in [-0.4, -0.2) is 16.6 Å². The van der Waals surface area contributed by atoms with E-state index < -0.39 is 0 Å². The molecule has 2 aromatic rings. The summed E-state index contributed by atoms with van der Waals surface area (Å²) >= 11 is 1.70. The van der Waals surface area contributed by atoms with Gasteiger partial charge in [-0.3, -0.25) is 4.79 Å². The average molecular weight is 300 g/mol. The summed E-state index contributed by atoms with van der Waals surface area (Å²) in [6.45, 7) is 6.54. The maximum atomic E-state index is 12.3. The third-order valence-corrected chi connectivity index (χ3v) is 4.06. The molecule has 3 nitrogen and oxygen atoms in total. The van der Waals surface area contributed by atoms with Crippen LogP contribution < -0.4 is 5.32 Å². The molecule has 1 aromatic carbocycles. The van der Waals surface area contributed by atoms with Gasteiger partial charge in [0.15, 0.2) is 0 Å². The van der Waals surface area contributed by atoms with Gasteiger partial charge in [-0.25, -0.2) is 4.98 Å². The van der Waals surface area contributed by atoms with E-state index >= 15 is 0 Å². The van der Waals surface area contributed by atoms with E-state index in [9.17, 15) is 4.79 Å². The maximum absolute atomic E-state index is 12.3. The van der Waals surface area contributed by atoms with Crippen molar-refractivity contribution in [1.82, 2.24) is 10.3 Å². The topological polar surface area (TPSA) is 42.0 Å². The standard InChI is InChI=1S/C17H20N2OS/c1-4-21-15-10-14(8-9-18-15)11-19-17(20)16-12(2)6-5-7-13(16)3/h5-10H,4,11H2,1-3H3,(H,19,20). The van der Waals surface area contributed by atoms with Gasteiger partial charge in [0.2, 0.25) is 0 Å². The van der Waals surface area contributed by atoms with Crippen LogP contribution in [0.25, 0.3) is 0 Å². The van der Waals surface area contributed by atoms with Gasteiger partial charge in [0, 0.05) is 18.3 Å². The van der Waals surface area contributed by atoms with Crippen LogP contribution in [0, 0.1) is 13.8 Å². The fourth-order valence-electron chi connectivity index (χ4n) is 2.23. The molecule has 0 saturated heterocycles. The minimum Gasteiger partial charge on any atom is -0.348 e. The van der Waals surface area contributed by atoms with Crippen molar-refractivity contribution in [1.29, 1.82) is 0 Å². The second-order valence-corrected chi connectivity index (χ2v) is 6.17. The van der Waals surface area contributed by atoms with Gasteiger partial charge in [0.1, 0.15) is 0 Å². The minimum absolute atomic E-state index is 0.0212. The normalized spacial score (nSPS) is 10.4. The van der Waals surface area contributed by atoms with Crippen molar-refractivity contribution in [3.8, 4) is 0 Å². The lowest BCUT2D eigenvalue weighted by molar-refractivity contribution is 0.0949. The molecule has 0 fully saturated rings. The lowest BCUT2D eigenvalue weighted by Gasteiger charge is -2.10. The van der Waals surface area contributed by atoms with E-state index in [1.54, 1.807) is 18.0 Å². The van der Waals surface area contributed by atoms with Gasteiger partial charge in [0.25, 0.3) is 5.91 Å². The number of nitrogens with one attached hydrogen (secondary N) is 1. The number of hydrogen-bond acceptors (Lipinski definition) is 3. The first-order valence-electron chi connectivity index (χ1n) is 7.04. The average Bonchev–Trinajstić information content (AvgIpc) is 2.46. The molecule has 1 aromatic heterocycles. The van der Waals surface area contributed by atoms with E-state index in [0.29, 0.717) is 6.54 Å². The lowest BCUT2D eigenvalue weighted by Crippen LogP contribution is -2.24. The van der Waals surface area contributed by atoms with Crippen LogP contribution >= 0.6 is 11.8 Å². The Morgan fingerprint density at radius 1 is 1.24 bits per heavy atom. The van der Waals surface area contributed by atoms with Gasteiger partial charge in [-0.05, 0) is 48.4 Å². The number of benzene rings is 1. The van der Waals surface area contributed by atoms with E-state index in [1.165, 1.54) is 0 Å². The van der Waals surface area contributed by atoms with Crippen molar-refractivity contribution >= 4 is 17.7 Å². The van der Waals surface area contributed by atoms with Crippen molar-refractivity contribution in [3.63, 3.8) is 0 Å². The first-order chi connectivity index (χ1) is 10.1. The van der Waals surface area contributed by atoms with Gasteiger partial charge < -0.3 is 5.32 Å². The summed E-state index contributed by atoms with van der Waals surface area (Å²) in [6.07, 6.45) is 1.79. The van der Waals surface area contributed by atoms with E-state index in [0.717, 1.165) is 33.0 Å². The Labute approximate surface area is 130 Å². The van der Waals surface area contributed by atoms with Gasteiger partial charge >= 0.3 is 0 Å². The van der Waals surface area contributed by atoms with Gasteiger partial charge in [0.05, 0.1) is 5.03 Å². The van der Waals surface area contributed by atoms with Crippen molar-refractivity contribution in [3.05, 3.63) is 58.8 Å². The van der Waals surface area contributed by atoms with Gasteiger partial charge in [-0.1, -0.05) is 25.1 Å². The highest BCUT2D eigenvalue weighted by atomic mass is 32.2. The molecule has 2 rings (SSSR count). The summed E-state index contributed by atoms with van der Waals surface area (Å²) < 4.78 is 0. The molecule has 0 aliphatic rings. The molecule has 1 N–H and O–H groups in total. The van der Waals surface area contributed by atoms with Crippen molar-refractivity contribution < 1.29 is 4.79 Å². The van der Waals surface area contributed by atoms with Crippen LogP contribution in [0.3, 0.4) is 0 Å². The summed E-state index contributed by atoms with van der Waals surface area (Å²) in [5.74, 6) is 0.970. The first kappa shape index (κ1) is 15.6. The molecule has 0 radical (unpaired) electrons. The van der Waals surface area contributed by atoms with Gasteiger partial charge in [-0.2, -0.15) is 0 Å². The molecular weight excluding hydrogens is 280 g/mol. The Bertz CT molecular complexity index is 620. The van der Waals surface area contributed by atoms with Crippen LogP contribution in [0.4, 0.5) is 0 Å². The number of aromatic nitrogens is 1. The van der Waals surface area contributed by atoms with Crippen molar-refractivity contribution in [2.45, 2.75) is 32.3 Å². The highest BCUT2D eigenvalue weighted by Gasteiger charge is 2.11. The smallest absolute Gasteiger partial charge is 0.252 e. The van der Waals surface area contributed by atoms with E-state index in [4.69, 9.17) is 0 Å². The Balaban J connectivity index is 2.06. The summed E-state index contributed by atoms with van der Waals surface area (Å²) in [4.78, 5) is 16.6. The van der Waals surface area contributed by atoms with Crippen molar-refractivity contribution in [2.75, 3.05) is 5.75 Å². The molecule has 21 heavy (non-hydrogen) atoms. The SMILES string of the molecule is CCSc1cc(CNC(=O)c2c(C)cccc2C)ccn1. The molecule has 0 saturated carbocycles. The number of amides is 1. The Morgan fingerprint density at radius 2 is 1.95 bits per heavy atom. The fourth-order valence-corrected chi connectivity index (χ4v) is 2.90. The fraction of sp³-hybridized carbons (Fsp3) is 0.294. The largest absolute Gasteiger partial charge is 0.348 e. The van der Waals surface area contributed by atoms with E-state index in [1.807, 2.05) is 44.2 Å². The monoisotopic (exact) mass is 300 g/mol. The molecule has 1 heterocycles. The lowest BCUT2D eigenvalue weighted by atomic mass is 10.0. The highest BCUT2D eigenvalue weighted by molar-refractivity contribution is 7.99. The Kier molecular flexibility index (Phi) is 5.39. The summed E-state index contributed by atoms with van der Waals surface area (Å²) in [6, 6.07) is 9.86. The molecule has 1 amide bonds. The first-order valence-corrected chi connectivity index (χ1v) is 8.02. The number of carbonyl (C=O) groups is 1. The highest BCUT2D eigenvalue weighted by Crippen LogP contribution is 2.16. The van der Waals surface area contributed by atoms with Crippen LogP contribution in [0.5, 0.6) is 0 Å². The quantitative estimate of drug-likeness (QED) is 0.855. The second-order valence-electron chi connectivity index (χ2n) is 4.88. The molecule has 0 aliphatic carbocycles. The number of rotatable bonds is 5. The molecule has 0 atom stereocenters. The number of nitrogens with zero attached hydrogens (tertiary/aromatic N) is 1. The minimum atomic E-state index is -0.0212. The zero-order chi connectivity index (χ0) is 15.2. The maximum Gasteiger partial charge on any atom is 0.252 e. The van der Waals surface area contributed by atoms with Crippen LogP contribution in [0.1, 0.15) is 34.0 Å². The van der Waals surface area contributed by atoms with E-state index in [2.05, 4.69) is 17.2 Å². The molecule has 0 spiro atoms. The third kappa shape index (κ3) is 4.08. The number of carbonyl (C=O) groups excluding carboxylic acids is 1. The Morgan fingerprint density at radius 3 is 2.62 bits per heavy atom. The number of pyridine rings is 1. The van der Waals surface area contributed by atoms with Crippen LogP contribution in [-0.2, 0) is 6.54 Å². The predicted octanol–water partition coefficient (Wildman–Crippen LogP) is 3.74. The number of thioether (sulfide) groups is 1. The molecule has 0 unspecified atom stereocenters. The third-order valence-electron chi connectivity index (χ3n) is 3.25. The van der Waals surface area contributed by atoms with Crippen LogP contribution in [0.15, 0.2) is 41.6 Å². The summed E-state index contributed by atoms with van der Waals surface area (Å²) in [5.41, 5.74) is 3.85.